The molecule has 2 bridgehead atoms. The summed E-state index contributed by atoms with van der Waals surface area (Å²) in [7, 11) is 0. The molecule has 5 aliphatic rings. The lowest BCUT2D eigenvalue weighted by Crippen LogP contribution is -2.40. The van der Waals surface area contributed by atoms with Gasteiger partial charge in [0.25, 0.3) is 0 Å². The lowest BCUT2D eigenvalue weighted by atomic mass is 9.65. The first-order valence-electron chi connectivity index (χ1n) is 14.9. The van der Waals surface area contributed by atoms with Crippen molar-refractivity contribution in [2.75, 3.05) is 6.61 Å². The summed E-state index contributed by atoms with van der Waals surface area (Å²) in [4.78, 5) is 0. The van der Waals surface area contributed by atoms with Crippen molar-refractivity contribution in [2.45, 2.75) is 96.9 Å². The van der Waals surface area contributed by atoms with Gasteiger partial charge in [-0.1, -0.05) is 64.8 Å². The van der Waals surface area contributed by atoms with E-state index in [1.54, 1.807) is 0 Å². The summed E-state index contributed by atoms with van der Waals surface area (Å²) in [5.41, 5.74) is 1.25. The normalized spacial score (nSPS) is 35.6. The highest BCUT2D eigenvalue weighted by Gasteiger charge is 2.57. The third-order valence-electron chi connectivity index (χ3n) is 10.4. The maximum atomic E-state index is 7.24. The summed E-state index contributed by atoms with van der Waals surface area (Å²) in [6, 6.07) is 8.52. The average Bonchev–Trinajstić information content (AvgIpc) is 3.03. The number of para-hydroxylation sites is 1. The first-order valence-corrected chi connectivity index (χ1v) is 14.9. The Hall–Kier alpha value is -1.74. The molecule has 0 N–H and O–H groups in total. The molecular weight excluding hydrogens is 444 g/mol. The van der Waals surface area contributed by atoms with Gasteiger partial charge in [0, 0.05) is 5.56 Å². The third kappa shape index (κ3) is 4.55. The number of benzene rings is 1. The predicted octanol–water partition coefficient (Wildman–Crippen LogP) is 8.27. The zero-order valence-electron chi connectivity index (χ0n) is 22.8. The van der Waals surface area contributed by atoms with E-state index in [9.17, 15) is 0 Å². The van der Waals surface area contributed by atoms with Crippen LogP contribution in [0.1, 0.15) is 90.5 Å². The van der Waals surface area contributed by atoms with Crippen LogP contribution in [0.25, 0.3) is 0 Å². The number of hydrogen-bond acceptors (Lipinski definition) is 3. The Balaban J connectivity index is 1.24. The smallest absolute Gasteiger partial charge is 0.207 e. The second-order valence-corrected chi connectivity index (χ2v) is 13.2. The Bertz CT molecular complexity index is 982. The van der Waals surface area contributed by atoms with E-state index in [-0.39, 0.29) is 17.8 Å². The molecule has 3 heteroatoms. The molecule has 4 aliphatic carbocycles. The van der Waals surface area contributed by atoms with Gasteiger partial charge in [0.15, 0.2) is 0 Å². The van der Waals surface area contributed by atoms with Gasteiger partial charge in [-0.2, -0.15) is 0 Å². The van der Waals surface area contributed by atoms with Crippen molar-refractivity contribution >= 4 is 0 Å². The van der Waals surface area contributed by atoms with Gasteiger partial charge in [0.1, 0.15) is 11.5 Å². The molecule has 0 aromatic heterocycles. The van der Waals surface area contributed by atoms with Gasteiger partial charge in [-0.25, -0.2) is 0 Å². The van der Waals surface area contributed by atoms with Gasteiger partial charge in [-0.05, 0) is 98.2 Å². The Morgan fingerprint density at radius 3 is 2.61 bits per heavy atom. The van der Waals surface area contributed by atoms with E-state index in [0.717, 1.165) is 48.7 Å². The molecule has 7 atom stereocenters. The molecular formula is C33H46O3. The Morgan fingerprint density at radius 2 is 1.83 bits per heavy atom. The Kier molecular flexibility index (Phi) is 6.73. The van der Waals surface area contributed by atoms with Crippen LogP contribution in [0.5, 0.6) is 5.75 Å². The summed E-state index contributed by atoms with van der Waals surface area (Å²) >= 11 is 0. The van der Waals surface area contributed by atoms with E-state index >= 15 is 0 Å². The SMILES string of the molecule is CC(C)C(C(C)C)C1C=CC(OC(OC23CCCC4CC(C2)C4C3)C2CCOc3ccccc32)=CC1. The summed E-state index contributed by atoms with van der Waals surface area (Å²) in [5.74, 6) is 7.59. The van der Waals surface area contributed by atoms with Crippen molar-refractivity contribution < 1.29 is 14.2 Å². The molecule has 1 aliphatic heterocycles. The minimum Gasteiger partial charge on any atom is -0.493 e. The fourth-order valence-electron chi connectivity index (χ4n) is 8.83. The van der Waals surface area contributed by atoms with Gasteiger partial charge >= 0.3 is 0 Å². The number of rotatable bonds is 8. The van der Waals surface area contributed by atoms with Crippen molar-refractivity contribution in [3.05, 3.63) is 53.8 Å². The monoisotopic (exact) mass is 490 g/mol. The lowest BCUT2D eigenvalue weighted by Gasteiger charge is -2.41. The number of ether oxygens (including phenoxy) is 3. The molecule has 3 nitrogen and oxygen atoms in total. The fraction of sp³-hybridized carbons (Fsp3) is 0.697. The topological polar surface area (TPSA) is 27.7 Å². The molecule has 0 saturated heterocycles. The number of allylic oxidation sites excluding steroid dienone is 3. The van der Waals surface area contributed by atoms with E-state index in [4.69, 9.17) is 14.2 Å². The molecule has 7 unspecified atom stereocenters. The Labute approximate surface area is 218 Å². The second kappa shape index (κ2) is 9.86. The van der Waals surface area contributed by atoms with Crippen LogP contribution in [0.3, 0.4) is 0 Å². The summed E-state index contributed by atoms with van der Waals surface area (Å²) < 4.78 is 20.1. The van der Waals surface area contributed by atoms with Crippen molar-refractivity contribution in [3.8, 4) is 5.75 Å². The lowest BCUT2D eigenvalue weighted by molar-refractivity contribution is -0.208. The van der Waals surface area contributed by atoms with E-state index in [0.29, 0.717) is 23.7 Å². The average molecular weight is 491 g/mol. The van der Waals surface area contributed by atoms with Gasteiger partial charge in [-0.3, -0.25) is 0 Å². The van der Waals surface area contributed by atoms with E-state index < -0.39 is 0 Å². The summed E-state index contributed by atoms with van der Waals surface area (Å²) in [6.07, 6.45) is 16.6. The highest BCUT2D eigenvalue weighted by atomic mass is 16.7. The van der Waals surface area contributed by atoms with E-state index in [1.807, 2.05) is 0 Å². The maximum absolute atomic E-state index is 7.24. The van der Waals surface area contributed by atoms with Crippen LogP contribution >= 0.6 is 0 Å². The maximum Gasteiger partial charge on any atom is 0.207 e. The van der Waals surface area contributed by atoms with Gasteiger partial charge < -0.3 is 14.2 Å². The third-order valence-corrected chi connectivity index (χ3v) is 10.4. The first-order chi connectivity index (χ1) is 17.4. The Morgan fingerprint density at radius 1 is 1.00 bits per heavy atom. The molecule has 0 amide bonds. The van der Waals surface area contributed by atoms with Crippen molar-refractivity contribution in [3.63, 3.8) is 0 Å². The first kappa shape index (κ1) is 24.6. The standard InChI is InChI=1S/C33H46O3/c1-21(2)31(22(3)4)23-11-13-26(14-12-23)35-32(28-15-17-34-30-10-6-5-9-27(28)30)36-33-16-7-8-24-18-25(19-33)29(24)20-33/h5-6,9-11,13-14,21-25,28-29,31-32H,7-8,12,15-20H2,1-4H3. The summed E-state index contributed by atoms with van der Waals surface area (Å²) in [5, 5.41) is 0. The second-order valence-electron chi connectivity index (χ2n) is 13.2. The quantitative estimate of drug-likeness (QED) is 0.343. The van der Waals surface area contributed by atoms with Gasteiger partial charge in [-0.15, -0.1) is 0 Å². The van der Waals surface area contributed by atoms with Gasteiger partial charge in [0.05, 0.1) is 18.1 Å². The zero-order valence-corrected chi connectivity index (χ0v) is 22.8. The van der Waals surface area contributed by atoms with Crippen LogP contribution in [-0.2, 0) is 9.47 Å². The van der Waals surface area contributed by atoms with Crippen molar-refractivity contribution in [2.24, 2.45) is 41.4 Å². The molecule has 36 heavy (non-hydrogen) atoms. The molecule has 3 fully saturated rings. The van der Waals surface area contributed by atoms with E-state index in [2.05, 4.69) is 70.2 Å². The van der Waals surface area contributed by atoms with Crippen molar-refractivity contribution in [1.29, 1.82) is 0 Å². The van der Waals surface area contributed by atoms with Crippen LogP contribution in [0, 0.1) is 41.4 Å². The summed E-state index contributed by atoms with van der Waals surface area (Å²) in [6.45, 7) is 10.2. The molecule has 3 saturated carbocycles. The molecule has 0 spiro atoms. The minimum atomic E-state index is -0.262. The number of hydrogen-bond donors (Lipinski definition) is 0. The molecule has 1 heterocycles. The molecule has 1 aromatic carbocycles. The van der Waals surface area contributed by atoms with Gasteiger partial charge in [0.2, 0.25) is 6.29 Å². The van der Waals surface area contributed by atoms with Crippen LogP contribution in [-0.4, -0.2) is 18.5 Å². The highest BCUT2D eigenvalue weighted by Crippen LogP contribution is 2.61. The highest BCUT2D eigenvalue weighted by molar-refractivity contribution is 5.38. The minimum absolute atomic E-state index is 0.000352. The largest absolute Gasteiger partial charge is 0.493 e. The predicted molar refractivity (Wildman–Crippen MR) is 145 cm³/mol. The van der Waals surface area contributed by atoms with Crippen LogP contribution in [0.4, 0.5) is 0 Å². The van der Waals surface area contributed by atoms with Crippen LogP contribution in [0.15, 0.2) is 48.3 Å². The van der Waals surface area contributed by atoms with Crippen LogP contribution < -0.4 is 4.74 Å². The fourth-order valence-corrected chi connectivity index (χ4v) is 8.83. The molecule has 0 radical (unpaired) electrons. The zero-order chi connectivity index (χ0) is 24.9. The van der Waals surface area contributed by atoms with Crippen LogP contribution in [0.2, 0.25) is 0 Å². The molecule has 6 rings (SSSR count). The van der Waals surface area contributed by atoms with Crippen molar-refractivity contribution in [1.82, 2.24) is 0 Å². The number of fused-ring (bicyclic) bond motifs is 2. The molecule has 196 valence electrons. The molecule has 1 aromatic rings. The van der Waals surface area contributed by atoms with E-state index in [1.165, 1.54) is 44.1 Å².